The molecular formula is C21H20ClNO3S. The van der Waals surface area contributed by atoms with E-state index in [9.17, 15) is 8.42 Å². The molecule has 1 saturated carbocycles. The summed E-state index contributed by atoms with van der Waals surface area (Å²) < 4.78 is 32.3. The second-order valence-electron chi connectivity index (χ2n) is 6.81. The third-order valence-corrected chi connectivity index (χ3v) is 7.62. The molecule has 27 heavy (non-hydrogen) atoms. The highest BCUT2D eigenvalue weighted by Crippen LogP contribution is 2.40. The van der Waals surface area contributed by atoms with Crippen LogP contribution >= 0.6 is 11.6 Å². The van der Waals surface area contributed by atoms with Gasteiger partial charge in [-0.25, -0.2) is 8.42 Å². The lowest BCUT2D eigenvalue weighted by Gasteiger charge is -2.17. The highest BCUT2D eigenvalue weighted by molar-refractivity contribution is 7.92. The number of pyridine rings is 1. The molecule has 0 spiro atoms. The van der Waals surface area contributed by atoms with Crippen LogP contribution in [0.4, 0.5) is 0 Å². The van der Waals surface area contributed by atoms with Crippen molar-refractivity contribution < 1.29 is 13.2 Å². The topological polar surface area (TPSA) is 56.3 Å². The first-order chi connectivity index (χ1) is 13.1. The van der Waals surface area contributed by atoms with E-state index in [0.29, 0.717) is 36.1 Å². The molecule has 0 N–H and O–H groups in total. The zero-order valence-corrected chi connectivity index (χ0v) is 16.3. The molecule has 3 aromatic rings. The largest absolute Gasteiger partial charge is 0.485 e. The van der Waals surface area contributed by atoms with Gasteiger partial charge in [-0.15, -0.1) is 0 Å². The fourth-order valence-corrected chi connectivity index (χ4v) is 6.02. The summed E-state index contributed by atoms with van der Waals surface area (Å²) >= 11 is 6.46. The number of hydrogen-bond acceptors (Lipinski definition) is 4. The Morgan fingerprint density at radius 1 is 1.07 bits per heavy atom. The lowest BCUT2D eigenvalue weighted by molar-refractivity contribution is 0.309. The summed E-state index contributed by atoms with van der Waals surface area (Å²) in [6.07, 6.45) is 4.93. The highest BCUT2D eigenvalue weighted by atomic mass is 35.5. The first-order valence-corrected chi connectivity index (χ1v) is 11.0. The van der Waals surface area contributed by atoms with Crippen LogP contribution in [-0.2, 0) is 16.4 Å². The summed E-state index contributed by atoms with van der Waals surface area (Å²) in [5, 5.41) is 0.499. The van der Waals surface area contributed by atoms with Gasteiger partial charge in [0.2, 0.25) is 0 Å². The monoisotopic (exact) mass is 401 g/mol. The smallest absolute Gasteiger partial charge is 0.181 e. The lowest BCUT2D eigenvalue weighted by atomic mass is 10.2. The first-order valence-electron chi connectivity index (χ1n) is 9.05. The maximum Gasteiger partial charge on any atom is 0.181 e. The van der Waals surface area contributed by atoms with Gasteiger partial charge >= 0.3 is 0 Å². The molecule has 1 aliphatic carbocycles. The van der Waals surface area contributed by atoms with Crippen molar-refractivity contribution in [3.8, 4) is 5.75 Å². The van der Waals surface area contributed by atoms with Crippen molar-refractivity contribution >= 4 is 32.3 Å². The van der Waals surface area contributed by atoms with Crippen molar-refractivity contribution in [2.75, 3.05) is 0 Å². The zero-order chi connectivity index (χ0) is 18.9. The van der Waals surface area contributed by atoms with Gasteiger partial charge in [0.1, 0.15) is 12.1 Å². The molecule has 1 heterocycles. The molecular weight excluding hydrogens is 382 g/mol. The third kappa shape index (κ3) is 3.54. The predicted molar refractivity (Wildman–Crippen MR) is 107 cm³/mol. The van der Waals surface area contributed by atoms with E-state index in [1.807, 2.05) is 30.3 Å². The molecule has 1 fully saturated rings. The maximum absolute atomic E-state index is 13.2. The number of aromatic nitrogens is 1. The molecule has 0 bridgehead atoms. The summed E-state index contributed by atoms with van der Waals surface area (Å²) in [6.45, 7) is 0.334. The fraction of sp³-hybridized carbons (Fsp3) is 0.286. The standard InChI is InChI=1S/C21H20ClNO3S/c22-18-13-19(27(24,25)16-9-4-5-10-16)17-11-6-12-23-20(17)21(18)26-14-15-7-2-1-3-8-15/h1-3,6-8,11-13,16H,4-5,9-10,14H2. The molecule has 0 amide bonds. The number of halogens is 1. The summed E-state index contributed by atoms with van der Waals surface area (Å²) in [7, 11) is -3.45. The Balaban J connectivity index is 1.78. The van der Waals surface area contributed by atoms with E-state index in [1.54, 1.807) is 18.3 Å². The SMILES string of the molecule is O=S(=O)(c1cc(Cl)c(OCc2ccccc2)c2ncccc12)C1CCCC1. The summed E-state index contributed by atoms with van der Waals surface area (Å²) in [5.41, 5.74) is 1.48. The van der Waals surface area contributed by atoms with Gasteiger partial charge in [0.25, 0.3) is 0 Å². The molecule has 1 aliphatic rings. The minimum atomic E-state index is -3.45. The molecule has 6 heteroatoms. The van der Waals surface area contributed by atoms with E-state index >= 15 is 0 Å². The molecule has 0 radical (unpaired) electrons. The number of hydrogen-bond donors (Lipinski definition) is 0. The van der Waals surface area contributed by atoms with E-state index < -0.39 is 9.84 Å². The molecule has 1 aromatic heterocycles. The average molecular weight is 402 g/mol. The lowest BCUT2D eigenvalue weighted by Crippen LogP contribution is -2.18. The minimum Gasteiger partial charge on any atom is -0.485 e. The van der Waals surface area contributed by atoms with Crippen LogP contribution < -0.4 is 4.74 Å². The molecule has 2 aromatic carbocycles. The Morgan fingerprint density at radius 2 is 1.81 bits per heavy atom. The molecule has 4 nitrogen and oxygen atoms in total. The number of sulfone groups is 1. The Labute approximate surface area is 164 Å². The maximum atomic E-state index is 13.2. The quantitative estimate of drug-likeness (QED) is 0.590. The summed E-state index contributed by atoms with van der Waals surface area (Å²) in [4.78, 5) is 4.64. The van der Waals surface area contributed by atoms with Crippen LogP contribution in [0.2, 0.25) is 5.02 Å². The normalized spacial score (nSPS) is 15.3. The molecule has 0 unspecified atom stereocenters. The minimum absolute atomic E-state index is 0.259. The van der Waals surface area contributed by atoms with Crippen molar-refractivity contribution in [3.63, 3.8) is 0 Å². The van der Waals surface area contributed by atoms with Crippen molar-refractivity contribution in [3.05, 3.63) is 65.3 Å². The van der Waals surface area contributed by atoms with Crippen LogP contribution in [0.15, 0.2) is 59.6 Å². The van der Waals surface area contributed by atoms with E-state index in [1.165, 1.54) is 6.07 Å². The van der Waals surface area contributed by atoms with Crippen LogP contribution in [0.5, 0.6) is 5.75 Å². The van der Waals surface area contributed by atoms with Gasteiger partial charge in [0, 0.05) is 11.6 Å². The van der Waals surface area contributed by atoms with Gasteiger partial charge in [-0.05, 0) is 36.6 Å². The fourth-order valence-electron chi connectivity index (χ4n) is 3.64. The van der Waals surface area contributed by atoms with Gasteiger partial charge in [-0.1, -0.05) is 54.8 Å². The Bertz CT molecular complexity index is 1060. The van der Waals surface area contributed by atoms with E-state index in [0.717, 1.165) is 18.4 Å². The van der Waals surface area contributed by atoms with Crippen LogP contribution in [-0.4, -0.2) is 18.7 Å². The number of rotatable bonds is 5. The third-order valence-electron chi connectivity index (χ3n) is 5.04. The van der Waals surface area contributed by atoms with Gasteiger partial charge in [0.15, 0.2) is 15.6 Å². The van der Waals surface area contributed by atoms with Gasteiger partial charge in [0.05, 0.1) is 15.2 Å². The van der Waals surface area contributed by atoms with Crippen molar-refractivity contribution in [2.45, 2.75) is 42.4 Å². The van der Waals surface area contributed by atoms with Crippen molar-refractivity contribution in [2.24, 2.45) is 0 Å². The summed E-state index contributed by atoms with van der Waals surface area (Å²) in [6, 6.07) is 14.8. The molecule has 4 rings (SSSR count). The van der Waals surface area contributed by atoms with E-state index in [4.69, 9.17) is 16.3 Å². The molecule has 0 aliphatic heterocycles. The second-order valence-corrected chi connectivity index (χ2v) is 9.41. The summed E-state index contributed by atoms with van der Waals surface area (Å²) in [5.74, 6) is 0.418. The number of benzene rings is 2. The van der Waals surface area contributed by atoms with E-state index in [2.05, 4.69) is 4.98 Å². The predicted octanol–water partition coefficient (Wildman–Crippen LogP) is 5.18. The zero-order valence-electron chi connectivity index (χ0n) is 14.8. The number of nitrogens with zero attached hydrogens (tertiary/aromatic N) is 1. The van der Waals surface area contributed by atoms with Gasteiger partial charge < -0.3 is 4.74 Å². The number of fused-ring (bicyclic) bond motifs is 1. The molecule has 0 atom stereocenters. The van der Waals surface area contributed by atoms with Crippen molar-refractivity contribution in [1.29, 1.82) is 0 Å². The first kappa shape index (κ1) is 18.3. The second kappa shape index (κ2) is 7.49. The van der Waals surface area contributed by atoms with Crippen LogP contribution in [0.3, 0.4) is 0 Å². The van der Waals surface area contributed by atoms with Gasteiger partial charge in [-0.3, -0.25) is 4.98 Å². The molecule has 0 saturated heterocycles. The van der Waals surface area contributed by atoms with Crippen LogP contribution in [0.25, 0.3) is 10.9 Å². The Hall–Kier alpha value is -2.11. The average Bonchev–Trinajstić information content (AvgIpc) is 3.23. The van der Waals surface area contributed by atoms with Crippen LogP contribution in [0.1, 0.15) is 31.2 Å². The van der Waals surface area contributed by atoms with E-state index in [-0.39, 0.29) is 15.2 Å². The van der Waals surface area contributed by atoms with Crippen molar-refractivity contribution in [1.82, 2.24) is 4.98 Å². The van der Waals surface area contributed by atoms with Crippen LogP contribution in [0, 0.1) is 0 Å². The van der Waals surface area contributed by atoms with Gasteiger partial charge in [-0.2, -0.15) is 0 Å². The Morgan fingerprint density at radius 3 is 2.56 bits per heavy atom. The highest BCUT2D eigenvalue weighted by Gasteiger charge is 2.32. The molecule has 140 valence electrons. The Kier molecular flexibility index (Phi) is 5.06. The number of ether oxygens (including phenoxy) is 1.